The lowest BCUT2D eigenvalue weighted by molar-refractivity contribution is 0.0710. The van der Waals surface area contributed by atoms with E-state index in [0.717, 1.165) is 52.0 Å². The number of benzene rings is 3. The van der Waals surface area contributed by atoms with Crippen LogP contribution in [0.2, 0.25) is 0 Å². The largest absolute Gasteiger partial charge is 0.339 e. The quantitative estimate of drug-likeness (QED) is 0.332. The molecule has 5 rings (SSSR count). The summed E-state index contributed by atoms with van der Waals surface area (Å²) < 4.78 is 16.1. The highest BCUT2D eigenvalue weighted by Crippen LogP contribution is 2.32. The molecule has 0 N–H and O–H groups in total. The number of allylic oxidation sites excluding steroid dienone is 1. The van der Waals surface area contributed by atoms with Crippen LogP contribution < -0.4 is 0 Å². The highest BCUT2D eigenvalue weighted by atomic mass is 19.1. The predicted octanol–water partition coefficient (Wildman–Crippen LogP) is 6.59. The Labute approximate surface area is 205 Å². The van der Waals surface area contributed by atoms with Gasteiger partial charge in [-0.25, -0.2) is 9.37 Å². The lowest BCUT2D eigenvalue weighted by Gasteiger charge is -2.32. The van der Waals surface area contributed by atoms with Crippen molar-refractivity contribution in [2.45, 2.75) is 39.2 Å². The fourth-order valence-corrected chi connectivity index (χ4v) is 5.16. The molecule has 1 saturated heterocycles. The molecule has 0 saturated carbocycles. The van der Waals surface area contributed by atoms with Gasteiger partial charge in [0.25, 0.3) is 5.91 Å². The lowest BCUT2D eigenvalue weighted by Crippen LogP contribution is -2.38. The Bertz CT molecular complexity index is 1400. The predicted molar refractivity (Wildman–Crippen MR) is 139 cm³/mol. The first-order valence-electron chi connectivity index (χ1n) is 12.3. The van der Waals surface area contributed by atoms with Crippen LogP contribution in [0.5, 0.6) is 0 Å². The molecule has 1 aromatic heterocycles. The van der Waals surface area contributed by atoms with Crippen LogP contribution >= 0.6 is 0 Å². The number of piperidine rings is 1. The zero-order valence-electron chi connectivity index (χ0n) is 20.2. The van der Waals surface area contributed by atoms with Gasteiger partial charge in [-0.2, -0.15) is 0 Å². The monoisotopic (exact) mass is 467 g/mol. The number of imidazole rings is 1. The van der Waals surface area contributed by atoms with Crippen molar-refractivity contribution in [3.05, 3.63) is 107 Å². The van der Waals surface area contributed by atoms with Crippen molar-refractivity contribution in [1.29, 1.82) is 0 Å². The molecule has 0 bridgehead atoms. The van der Waals surface area contributed by atoms with Gasteiger partial charge in [-0.15, -0.1) is 0 Å². The van der Waals surface area contributed by atoms with E-state index in [4.69, 9.17) is 4.98 Å². The molecule has 1 aliphatic rings. The molecule has 0 radical (unpaired) electrons. The molecule has 1 fully saturated rings. The molecule has 0 atom stereocenters. The van der Waals surface area contributed by atoms with Gasteiger partial charge in [0.05, 0.1) is 11.0 Å². The van der Waals surface area contributed by atoms with Gasteiger partial charge in [-0.3, -0.25) is 4.79 Å². The average molecular weight is 468 g/mol. The smallest absolute Gasteiger partial charge is 0.254 e. The fourth-order valence-electron chi connectivity index (χ4n) is 5.16. The van der Waals surface area contributed by atoms with Crippen LogP contribution in [0, 0.1) is 12.7 Å². The first-order chi connectivity index (χ1) is 17.0. The number of likely N-dealkylation sites (tertiary alicyclic amines) is 1. The third kappa shape index (κ3) is 4.63. The Balaban J connectivity index is 1.39. The standard InChI is InChI=1S/C30H30FN3O/c1-3-8-25-21(2)9-6-12-26(25)30(35)33-17-15-23(16-18-33)29-32-27-13-4-5-14-28(27)34(29)20-22-10-7-11-24(31)19-22/h3-14,19,23H,15-18,20H2,1-2H3/b8-3-. The molecule has 0 unspecified atom stereocenters. The Morgan fingerprint density at radius 3 is 2.60 bits per heavy atom. The molecule has 2 heterocycles. The number of amides is 1. The minimum absolute atomic E-state index is 0.0912. The van der Waals surface area contributed by atoms with Crippen LogP contribution in [-0.2, 0) is 6.54 Å². The number of carbonyl (C=O) groups excluding carboxylic acids is 1. The molecule has 1 amide bonds. The number of carbonyl (C=O) groups is 1. The fraction of sp³-hybridized carbons (Fsp3) is 0.267. The van der Waals surface area contributed by atoms with E-state index in [0.29, 0.717) is 19.6 Å². The molecule has 0 spiro atoms. The molecule has 178 valence electrons. The first kappa shape index (κ1) is 23.0. The highest BCUT2D eigenvalue weighted by molar-refractivity contribution is 5.98. The van der Waals surface area contributed by atoms with Crippen molar-refractivity contribution in [2.24, 2.45) is 0 Å². The molecule has 4 aromatic rings. The summed E-state index contributed by atoms with van der Waals surface area (Å²) in [4.78, 5) is 20.4. The second-order valence-corrected chi connectivity index (χ2v) is 9.28. The number of aromatic nitrogens is 2. The minimum atomic E-state index is -0.228. The molecule has 1 aliphatic heterocycles. The van der Waals surface area contributed by atoms with E-state index in [-0.39, 0.29) is 17.6 Å². The number of fused-ring (bicyclic) bond motifs is 1. The summed E-state index contributed by atoms with van der Waals surface area (Å²) in [5.74, 6) is 1.13. The van der Waals surface area contributed by atoms with Gasteiger partial charge in [0, 0.05) is 31.1 Å². The third-order valence-corrected chi connectivity index (χ3v) is 6.95. The number of hydrogen-bond acceptors (Lipinski definition) is 2. The van der Waals surface area contributed by atoms with E-state index in [1.165, 1.54) is 6.07 Å². The minimum Gasteiger partial charge on any atom is -0.339 e. The summed E-state index contributed by atoms with van der Waals surface area (Å²) in [6, 6.07) is 20.8. The maximum Gasteiger partial charge on any atom is 0.254 e. The van der Waals surface area contributed by atoms with Crippen molar-refractivity contribution in [1.82, 2.24) is 14.5 Å². The van der Waals surface area contributed by atoms with Crippen LogP contribution in [0.1, 0.15) is 58.6 Å². The Kier molecular flexibility index (Phi) is 6.49. The number of halogens is 1. The van der Waals surface area contributed by atoms with Gasteiger partial charge < -0.3 is 9.47 Å². The van der Waals surface area contributed by atoms with E-state index in [1.54, 1.807) is 12.1 Å². The highest BCUT2D eigenvalue weighted by Gasteiger charge is 2.29. The molecule has 35 heavy (non-hydrogen) atoms. The summed E-state index contributed by atoms with van der Waals surface area (Å²) >= 11 is 0. The van der Waals surface area contributed by atoms with Crippen LogP contribution in [0.3, 0.4) is 0 Å². The molecular formula is C30H30FN3O. The molecule has 4 nitrogen and oxygen atoms in total. The first-order valence-corrected chi connectivity index (χ1v) is 12.3. The Morgan fingerprint density at radius 2 is 1.83 bits per heavy atom. The summed E-state index contributed by atoms with van der Waals surface area (Å²) in [7, 11) is 0. The summed E-state index contributed by atoms with van der Waals surface area (Å²) in [5, 5.41) is 0. The third-order valence-electron chi connectivity index (χ3n) is 6.95. The van der Waals surface area contributed by atoms with Crippen molar-refractivity contribution < 1.29 is 9.18 Å². The van der Waals surface area contributed by atoms with Gasteiger partial charge in [-0.05, 0) is 73.7 Å². The van der Waals surface area contributed by atoms with Gasteiger partial charge in [-0.1, -0.05) is 48.6 Å². The lowest BCUT2D eigenvalue weighted by atomic mass is 9.94. The van der Waals surface area contributed by atoms with Gasteiger partial charge >= 0.3 is 0 Å². The Hall–Kier alpha value is -3.73. The van der Waals surface area contributed by atoms with E-state index >= 15 is 0 Å². The van der Waals surface area contributed by atoms with Crippen LogP contribution in [0.4, 0.5) is 4.39 Å². The van der Waals surface area contributed by atoms with Gasteiger partial charge in [0.2, 0.25) is 0 Å². The summed E-state index contributed by atoms with van der Waals surface area (Å²) in [5.41, 5.74) is 5.79. The van der Waals surface area contributed by atoms with Crippen molar-refractivity contribution >= 4 is 23.0 Å². The molecule has 3 aromatic carbocycles. The SMILES string of the molecule is C/C=C\c1c(C)cccc1C(=O)N1CCC(c2nc3ccccc3n2Cc2cccc(F)c2)CC1. The maximum atomic E-state index is 13.9. The number of hydrogen-bond donors (Lipinski definition) is 0. The van der Waals surface area contributed by atoms with Crippen molar-refractivity contribution in [3.63, 3.8) is 0 Å². The topological polar surface area (TPSA) is 38.1 Å². The van der Waals surface area contributed by atoms with E-state index in [1.807, 2.05) is 73.4 Å². The van der Waals surface area contributed by atoms with Crippen molar-refractivity contribution in [3.8, 4) is 0 Å². The second kappa shape index (κ2) is 9.87. The molecular weight excluding hydrogens is 437 g/mol. The van der Waals surface area contributed by atoms with Crippen molar-refractivity contribution in [2.75, 3.05) is 13.1 Å². The molecule has 0 aliphatic carbocycles. The van der Waals surface area contributed by atoms with Gasteiger partial charge in [0.1, 0.15) is 11.6 Å². The van der Waals surface area contributed by atoms with Gasteiger partial charge in [0.15, 0.2) is 0 Å². The average Bonchev–Trinajstić information content (AvgIpc) is 3.23. The summed E-state index contributed by atoms with van der Waals surface area (Å²) in [6.07, 6.45) is 5.70. The van der Waals surface area contributed by atoms with E-state index in [9.17, 15) is 9.18 Å². The van der Waals surface area contributed by atoms with Crippen LogP contribution in [0.15, 0.2) is 72.8 Å². The zero-order chi connectivity index (χ0) is 24.4. The second-order valence-electron chi connectivity index (χ2n) is 9.28. The van der Waals surface area contributed by atoms with E-state index in [2.05, 4.69) is 10.6 Å². The summed E-state index contributed by atoms with van der Waals surface area (Å²) in [6.45, 7) is 5.97. The van der Waals surface area contributed by atoms with Crippen LogP contribution in [0.25, 0.3) is 17.1 Å². The number of rotatable bonds is 5. The molecule has 5 heteroatoms. The number of para-hydroxylation sites is 2. The number of nitrogens with zero attached hydrogens (tertiary/aromatic N) is 3. The van der Waals surface area contributed by atoms with Crippen LogP contribution in [-0.4, -0.2) is 33.4 Å². The zero-order valence-corrected chi connectivity index (χ0v) is 20.2. The van der Waals surface area contributed by atoms with E-state index < -0.39 is 0 Å². The number of aryl methyl sites for hydroxylation is 1. The Morgan fingerprint density at radius 1 is 1.06 bits per heavy atom. The normalized spacial score (nSPS) is 14.8. The maximum absolute atomic E-state index is 13.9.